The molecule has 2 aromatic carbocycles. The molecule has 0 bridgehead atoms. The molecule has 0 unspecified atom stereocenters. The summed E-state index contributed by atoms with van der Waals surface area (Å²) in [6.45, 7) is 1.65. The van der Waals surface area contributed by atoms with E-state index in [0.717, 1.165) is 41.9 Å². The first-order chi connectivity index (χ1) is 15.1. The highest BCUT2D eigenvalue weighted by atomic mass is 16.5. The third-order valence-electron chi connectivity index (χ3n) is 5.29. The SMILES string of the molecule is COc1cc2ncnc(N3CCc4ccccc43)c2cc1NC(=O)CC=CCN(C)C. The zero-order valence-corrected chi connectivity index (χ0v) is 18.1. The summed E-state index contributed by atoms with van der Waals surface area (Å²) in [5.41, 5.74) is 3.86. The number of hydrogen-bond acceptors (Lipinski definition) is 6. The highest BCUT2D eigenvalue weighted by Gasteiger charge is 2.23. The van der Waals surface area contributed by atoms with Gasteiger partial charge in [0.2, 0.25) is 5.91 Å². The lowest BCUT2D eigenvalue weighted by Gasteiger charge is -2.20. The number of nitrogens with one attached hydrogen (secondary N) is 1. The van der Waals surface area contributed by atoms with Crippen LogP contribution in [0.5, 0.6) is 5.75 Å². The minimum Gasteiger partial charge on any atom is -0.494 e. The number of carbonyl (C=O) groups is 1. The van der Waals surface area contributed by atoms with Crippen LogP contribution in [-0.2, 0) is 11.2 Å². The second-order valence-electron chi connectivity index (χ2n) is 7.78. The monoisotopic (exact) mass is 417 g/mol. The van der Waals surface area contributed by atoms with E-state index in [-0.39, 0.29) is 5.91 Å². The van der Waals surface area contributed by atoms with Crippen molar-refractivity contribution in [3.63, 3.8) is 0 Å². The molecule has 7 heteroatoms. The molecule has 0 aliphatic carbocycles. The number of aromatic nitrogens is 2. The van der Waals surface area contributed by atoms with E-state index in [0.29, 0.717) is 17.9 Å². The van der Waals surface area contributed by atoms with Crippen LogP contribution in [0, 0.1) is 0 Å². The Morgan fingerprint density at radius 2 is 2.06 bits per heavy atom. The molecule has 31 heavy (non-hydrogen) atoms. The smallest absolute Gasteiger partial charge is 0.228 e. The number of fused-ring (bicyclic) bond motifs is 2. The first kappa shape index (κ1) is 20.8. The summed E-state index contributed by atoms with van der Waals surface area (Å²) in [5, 5.41) is 3.85. The fourth-order valence-corrected chi connectivity index (χ4v) is 3.79. The van der Waals surface area contributed by atoms with E-state index in [2.05, 4.69) is 38.4 Å². The van der Waals surface area contributed by atoms with Gasteiger partial charge in [0.15, 0.2) is 0 Å². The van der Waals surface area contributed by atoms with Crippen LogP contribution in [-0.4, -0.2) is 55.1 Å². The van der Waals surface area contributed by atoms with Crippen molar-refractivity contribution in [3.8, 4) is 5.75 Å². The molecule has 0 spiro atoms. The molecular weight excluding hydrogens is 390 g/mol. The Balaban J connectivity index is 1.65. The quantitative estimate of drug-likeness (QED) is 0.590. The van der Waals surface area contributed by atoms with Crippen molar-refractivity contribution >= 4 is 34.0 Å². The van der Waals surface area contributed by atoms with E-state index in [1.807, 2.05) is 49.3 Å². The molecule has 1 N–H and O–H groups in total. The average Bonchev–Trinajstić information content (AvgIpc) is 3.20. The summed E-state index contributed by atoms with van der Waals surface area (Å²) in [6.07, 6.45) is 6.70. The van der Waals surface area contributed by atoms with Gasteiger partial charge in [-0.1, -0.05) is 30.4 Å². The molecule has 4 rings (SSSR count). The predicted molar refractivity (Wildman–Crippen MR) is 124 cm³/mol. The fraction of sp³-hybridized carbons (Fsp3) is 0.292. The van der Waals surface area contributed by atoms with Crippen LogP contribution in [0.1, 0.15) is 12.0 Å². The Morgan fingerprint density at radius 1 is 1.23 bits per heavy atom. The topological polar surface area (TPSA) is 70.6 Å². The van der Waals surface area contributed by atoms with E-state index < -0.39 is 0 Å². The first-order valence-corrected chi connectivity index (χ1v) is 10.3. The van der Waals surface area contributed by atoms with Crippen LogP contribution in [0.2, 0.25) is 0 Å². The van der Waals surface area contributed by atoms with Gasteiger partial charge in [0.1, 0.15) is 17.9 Å². The van der Waals surface area contributed by atoms with Gasteiger partial charge in [-0.3, -0.25) is 4.79 Å². The molecule has 1 aromatic heterocycles. The fourth-order valence-electron chi connectivity index (χ4n) is 3.79. The molecule has 160 valence electrons. The van der Waals surface area contributed by atoms with E-state index >= 15 is 0 Å². The van der Waals surface area contributed by atoms with Gasteiger partial charge in [-0.2, -0.15) is 0 Å². The third-order valence-corrected chi connectivity index (χ3v) is 5.29. The van der Waals surface area contributed by atoms with Crippen molar-refractivity contribution in [2.45, 2.75) is 12.8 Å². The molecule has 3 aromatic rings. The number of carbonyl (C=O) groups excluding carboxylic acids is 1. The number of para-hydroxylation sites is 1. The summed E-state index contributed by atoms with van der Waals surface area (Å²) < 4.78 is 5.52. The highest BCUT2D eigenvalue weighted by molar-refractivity contribution is 6.00. The van der Waals surface area contributed by atoms with Crippen molar-refractivity contribution in [2.75, 3.05) is 44.5 Å². The Bertz CT molecular complexity index is 1130. The lowest BCUT2D eigenvalue weighted by Crippen LogP contribution is -2.16. The maximum atomic E-state index is 12.5. The number of nitrogens with zero attached hydrogens (tertiary/aromatic N) is 4. The molecule has 1 amide bonds. The molecule has 0 saturated carbocycles. The number of likely N-dealkylation sites (N-methyl/N-ethyl adjacent to an activating group) is 1. The second kappa shape index (κ2) is 9.14. The zero-order chi connectivity index (χ0) is 21.8. The van der Waals surface area contributed by atoms with Gasteiger partial charge in [0.05, 0.1) is 18.3 Å². The van der Waals surface area contributed by atoms with Gasteiger partial charge in [-0.05, 0) is 38.2 Å². The van der Waals surface area contributed by atoms with Crippen LogP contribution in [0.4, 0.5) is 17.2 Å². The minimum absolute atomic E-state index is 0.0995. The van der Waals surface area contributed by atoms with Crippen molar-refractivity contribution < 1.29 is 9.53 Å². The molecule has 1 aliphatic heterocycles. The summed E-state index contributed by atoms with van der Waals surface area (Å²) in [7, 11) is 5.57. The summed E-state index contributed by atoms with van der Waals surface area (Å²) in [5.74, 6) is 1.31. The molecule has 0 fully saturated rings. The number of rotatable bonds is 7. The van der Waals surface area contributed by atoms with Crippen molar-refractivity contribution in [3.05, 3.63) is 60.4 Å². The van der Waals surface area contributed by atoms with Crippen LogP contribution < -0.4 is 15.0 Å². The van der Waals surface area contributed by atoms with Gasteiger partial charge in [-0.25, -0.2) is 9.97 Å². The van der Waals surface area contributed by atoms with Gasteiger partial charge >= 0.3 is 0 Å². The molecule has 7 nitrogen and oxygen atoms in total. The first-order valence-electron chi connectivity index (χ1n) is 10.3. The van der Waals surface area contributed by atoms with Crippen LogP contribution in [0.25, 0.3) is 10.9 Å². The zero-order valence-electron chi connectivity index (χ0n) is 18.1. The minimum atomic E-state index is -0.0995. The molecular formula is C24H27N5O2. The normalized spacial score (nSPS) is 13.2. The second-order valence-corrected chi connectivity index (χ2v) is 7.78. The maximum Gasteiger partial charge on any atom is 0.228 e. The highest BCUT2D eigenvalue weighted by Crippen LogP contribution is 2.39. The van der Waals surface area contributed by atoms with Gasteiger partial charge in [-0.15, -0.1) is 0 Å². The van der Waals surface area contributed by atoms with E-state index in [4.69, 9.17) is 4.74 Å². The number of anilines is 3. The lowest BCUT2D eigenvalue weighted by atomic mass is 10.1. The molecule has 0 saturated heterocycles. The average molecular weight is 418 g/mol. The summed E-state index contributed by atoms with van der Waals surface area (Å²) in [4.78, 5) is 25.8. The Labute approximate surface area is 182 Å². The lowest BCUT2D eigenvalue weighted by molar-refractivity contribution is -0.115. The number of hydrogen-bond donors (Lipinski definition) is 1. The van der Waals surface area contributed by atoms with Crippen molar-refractivity contribution in [1.82, 2.24) is 14.9 Å². The maximum absolute atomic E-state index is 12.5. The van der Waals surface area contributed by atoms with Crippen LogP contribution in [0.3, 0.4) is 0 Å². The number of benzene rings is 2. The summed E-state index contributed by atoms with van der Waals surface area (Å²) >= 11 is 0. The Kier molecular flexibility index (Phi) is 6.13. The van der Waals surface area contributed by atoms with Gasteiger partial charge in [0.25, 0.3) is 0 Å². The molecule has 2 heterocycles. The molecule has 0 radical (unpaired) electrons. The molecule has 0 atom stereocenters. The van der Waals surface area contributed by atoms with E-state index in [9.17, 15) is 4.79 Å². The van der Waals surface area contributed by atoms with E-state index in [1.165, 1.54) is 5.56 Å². The Morgan fingerprint density at radius 3 is 2.87 bits per heavy atom. The van der Waals surface area contributed by atoms with Crippen molar-refractivity contribution in [2.24, 2.45) is 0 Å². The predicted octanol–water partition coefficient (Wildman–Crippen LogP) is 3.78. The third kappa shape index (κ3) is 4.51. The van der Waals surface area contributed by atoms with Crippen LogP contribution in [0.15, 0.2) is 54.9 Å². The summed E-state index contributed by atoms with van der Waals surface area (Å²) in [6, 6.07) is 12.1. The number of amides is 1. The van der Waals surface area contributed by atoms with E-state index in [1.54, 1.807) is 13.4 Å². The molecule has 1 aliphatic rings. The standard InChI is InChI=1S/C24H27N5O2/c1-28(2)12-7-6-10-23(30)27-20-14-18-19(15-22(20)31-3)25-16-26-24(18)29-13-11-17-8-4-5-9-21(17)29/h4-9,14-16H,10-13H2,1-3H3,(H,27,30). The largest absolute Gasteiger partial charge is 0.494 e. The Hall–Kier alpha value is -3.45. The van der Waals surface area contributed by atoms with Gasteiger partial charge < -0.3 is 19.9 Å². The van der Waals surface area contributed by atoms with Crippen molar-refractivity contribution in [1.29, 1.82) is 0 Å². The number of ether oxygens (including phenoxy) is 1. The van der Waals surface area contributed by atoms with Gasteiger partial charge in [0, 0.05) is 36.7 Å². The number of methoxy groups -OCH3 is 1. The van der Waals surface area contributed by atoms with Crippen LogP contribution >= 0.6 is 0 Å².